The molecule has 0 amide bonds. The molecule has 0 unspecified atom stereocenters. The molecule has 0 spiro atoms. The Bertz CT molecular complexity index is 559. The standard InChI is InChI=1S/C16H22N4O/c1-20(13-7-4-3-5-8-13)12-6-11-18-15-10-9-14(17)16(19-15)21-2/h3-5,7-10H,6,11-12,17H2,1-2H3,(H,18,19). The largest absolute Gasteiger partial charge is 0.479 e. The zero-order valence-electron chi connectivity index (χ0n) is 12.5. The molecule has 1 aromatic carbocycles. The Kier molecular flexibility index (Phi) is 5.26. The van der Waals surface area contributed by atoms with Crippen molar-refractivity contribution >= 4 is 17.2 Å². The minimum absolute atomic E-state index is 0.460. The molecule has 2 aromatic rings. The normalized spacial score (nSPS) is 10.2. The molecule has 0 saturated heterocycles. The van der Waals surface area contributed by atoms with Crippen LogP contribution in [-0.4, -0.2) is 32.2 Å². The molecular weight excluding hydrogens is 264 g/mol. The molecule has 0 fully saturated rings. The van der Waals surface area contributed by atoms with E-state index in [0.717, 1.165) is 25.3 Å². The van der Waals surface area contributed by atoms with Crippen molar-refractivity contribution in [3.8, 4) is 5.88 Å². The average Bonchev–Trinajstić information content (AvgIpc) is 2.53. The molecule has 0 bridgehead atoms. The van der Waals surface area contributed by atoms with Gasteiger partial charge in [0.1, 0.15) is 5.82 Å². The summed E-state index contributed by atoms with van der Waals surface area (Å²) < 4.78 is 5.10. The summed E-state index contributed by atoms with van der Waals surface area (Å²) in [5.41, 5.74) is 7.51. The maximum Gasteiger partial charge on any atom is 0.238 e. The zero-order valence-corrected chi connectivity index (χ0v) is 12.5. The number of nitrogens with two attached hydrogens (primary N) is 1. The van der Waals surface area contributed by atoms with Crippen LogP contribution >= 0.6 is 0 Å². The number of nitrogens with one attached hydrogen (secondary N) is 1. The third-order valence-corrected chi connectivity index (χ3v) is 3.26. The summed E-state index contributed by atoms with van der Waals surface area (Å²) in [6.07, 6.45) is 1.01. The Morgan fingerprint density at radius 1 is 1.19 bits per heavy atom. The molecule has 5 nitrogen and oxygen atoms in total. The summed E-state index contributed by atoms with van der Waals surface area (Å²) in [7, 11) is 3.66. The van der Waals surface area contributed by atoms with Crippen LogP contribution in [0.1, 0.15) is 6.42 Å². The average molecular weight is 286 g/mol. The summed E-state index contributed by atoms with van der Waals surface area (Å²) in [6.45, 7) is 1.82. The van der Waals surface area contributed by atoms with Gasteiger partial charge in [-0.1, -0.05) is 18.2 Å². The maximum atomic E-state index is 5.74. The van der Waals surface area contributed by atoms with Gasteiger partial charge in [-0.05, 0) is 30.7 Å². The van der Waals surface area contributed by atoms with E-state index in [-0.39, 0.29) is 0 Å². The zero-order chi connectivity index (χ0) is 15.1. The van der Waals surface area contributed by atoms with Crippen molar-refractivity contribution in [2.75, 3.05) is 43.2 Å². The lowest BCUT2D eigenvalue weighted by molar-refractivity contribution is 0.401. The molecule has 0 radical (unpaired) electrons. The van der Waals surface area contributed by atoms with Crippen LogP contribution in [0.4, 0.5) is 17.2 Å². The first-order valence-electron chi connectivity index (χ1n) is 7.01. The van der Waals surface area contributed by atoms with Gasteiger partial charge in [-0.3, -0.25) is 0 Å². The first kappa shape index (κ1) is 15.0. The van der Waals surface area contributed by atoms with E-state index in [0.29, 0.717) is 11.6 Å². The highest BCUT2D eigenvalue weighted by atomic mass is 16.5. The lowest BCUT2D eigenvalue weighted by Gasteiger charge is -2.19. The van der Waals surface area contributed by atoms with Gasteiger partial charge in [-0.15, -0.1) is 0 Å². The van der Waals surface area contributed by atoms with Crippen molar-refractivity contribution in [2.45, 2.75) is 6.42 Å². The topological polar surface area (TPSA) is 63.4 Å². The summed E-state index contributed by atoms with van der Waals surface area (Å²) in [5, 5.41) is 3.28. The molecule has 21 heavy (non-hydrogen) atoms. The quantitative estimate of drug-likeness (QED) is 0.766. The van der Waals surface area contributed by atoms with Gasteiger partial charge in [0.05, 0.1) is 12.8 Å². The number of anilines is 3. The second kappa shape index (κ2) is 7.38. The maximum absolute atomic E-state index is 5.74. The number of hydrogen-bond acceptors (Lipinski definition) is 5. The number of methoxy groups -OCH3 is 1. The number of aromatic nitrogens is 1. The van der Waals surface area contributed by atoms with Crippen molar-refractivity contribution < 1.29 is 4.74 Å². The van der Waals surface area contributed by atoms with Crippen LogP contribution in [0, 0.1) is 0 Å². The predicted octanol–water partition coefficient (Wildman–Crippen LogP) is 2.61. The molecule has 1 heterocycles. The first-order valence-corrected chi connectivity index (χ1v) is 7.01. The van der Waals surface area contributed by atoms with Crippen LogP contribution in [-0.2, 0) is 0 Å². The summed E-state index contributed by atoms with van der Waals surface area (Å²) in [5.74, 6) is 1.24. The number of hydrogen-bond donors (Lipinski definition) is 2. The fourth-order valence-corrected chi connectivity index (χ4v) is 2.06. The van der Waals surface area contributed by atoms with Gasteiger partial charge in [0.2, 0.25) is 5.88 Å². The lowest BCUT2D eigenvalue weighted by Crippen LogP contribution is -2.20. The van der Waals surface area contributed by atoms with Crippen molar-refractivity contribution in [3.63, 3.8) is 0 Å². The molecule has 5 heteroatoms. The van der Waals surface area contributed by atoms with E-state index >= 15 is 0 Å². The van der Waals surface area contributed by atoms with Gasteiger partial charge < -0.3 is 20.7 Å². The summed E-state index contributed by atoms with van der Waals surface area (Å²) in [4.78, 5) is 6.53. The van der Waals surface area contributed by atoms with E-state index in [2.05, 4.69) is 46.5 Å². The van der Waals surface area contributed by atoms with Crippen LogP contribution in [0.25, 0.3) is 0 Å². The van der Waals surface area contributed by atoms with Gasteiger partial charge in [0, 0.05) is 25.8 Å². The number of pyridine rings is 1. The fourth-order valence-electron chi connectivity index (χ4n) is 2.06. The van der Waals surface area contributed by atoms with Crippen LogP contribution < -0.4 is 20.7 Å². The lowest BCUT2D eigenvalue weighted by atomic mass is 10.3. The Hall–Kier alpha value is -2.43. The van der Waals surface area contributed by atoms with Gasteiger partial charge in [0.25, 0.3) is 0 Å². The van der Waals surface area contributed by atoms with Gasteiger partial charge in [0.15, 0.2) is 0 Å². The van der Waals surface area contributed by atoms with Gasteiger partial charge in [-0.25, -0.2) is 0 Å². The molecule has 2 rings (SSSR count). The van der Waals surface area contributed by atoms with Crippen LogP contribution in [0.2, 0.25) is 0 Å². The van der Waals surface area contributed by atoms with E-state index in [4.69, 9.17) is 10.5 Å². The Labute approximate surface area is 125 Å². The molecule has 0 saturated carbocycles. The van der Waals surface area contributed by atoms with Crippen LogP contribution in [0.5, 0.6) is 5.88 Å². The number of benzene rings is 1. The number of para-hydroxylation sites is 1. The summed E-state index contributed by atoms with van der Waals surface area (Å²) >= 11 is 0. The second-order valence-corrected chi connectivity index (χ2v) is 4.83. The highest BCUT2D eigenvalue weighted by Gasteiger charge is 2.03. The molecule has 1 aromatic heterocycles. The molecule has 0 aliphatic carbocycles. The van der Waals surface area contributed by atoms with Gasteiger partial charge >= 0.3 is 0 Å². The third kappa shape index (κ3) is 4.27. The van der Waals surface area contributed by atoms with Crippen molar-refractivity contribution in [1.29, 1.82) is 0 Å². The van der Waals surface area contributed by atoms with Crippen molar-refractivity contribution in [1.82, 2.24) is 4.98 Å². The van der Waals surface area contributed by atoms with Crippen molar-refractivity contribution in [3.05, 3.63) is 42.5 Å². The Morgan fingerprint density at radius 2 is 1.95 bits per heavy atom. The highest BCUT2D eigenvalue weighted by molar-refractivity contribution is 5.53. The predicted molar refractivity (Wildman–Crippen MR) is 88.0 cm³/mol. The summed E-state index contributed by atoms with van der Waals surface area (Å²) in [6, 6.07) is 14.0. The minimum Gasteiger partial charge on any atom is -0.479 e. The Balaban J connectivity index is 1.77. The number of nitrogens with zero attached hydrogens (tertiary/aromatic N) is 2. The molecule has 0 aliphatic heterocycles. The second-order valence-electron chi connectivity index (χ2n) is 4.83. The monoisotopic (exact) mass is 286 g/mol. The molecule has 0 atom stereocenters. The SMILES string of the molecule is COc1nc(NCCCN(C)c2ccccc2)ccc1N. The van der Waals surface area contributed by atoms with Gasteiger partial charge in [-0.2, -0.15) is 4.98 Å². The van der Waals surface area contributed by atoms with Crippen molar-refractivity contribution in [2.24, 2.45) is 0 Å². The Morgan fingerprint density at radius 3 is 2.67 bits per heavy atom. The van der Waals surface area contributed by atoms with E-state index in [1.165, 1.54) is 5.69 Å². The van der Waals surface area contributed by atoms with E-state index < -0.39 is 0 Å². The smallest absolute Gasteiger partial charge is 0.238 e. The molecule has 3 N–H and O–H groups in total. The number of rotatable bonds is 7. The highest BCUT2D eigenvalue weighted by Crippen LogP contribution is 2.20. The van der Waals surface area contributed by atoms with E-state index in [9.17, 15) is 0 Å². The number of nitrogen functional groups attached to an aromatic ring is 1. The third-order valence-electron chi connectivity index (χ3n) is 3.26. The first-order chi connectivity index (χ1) is 10.2. The number of ether oxygens (including phenoxy) is 1. The van der Waals surface area contributed by atoms with E-state index in [1.54, 1.807) is 13.2 Å². The fraction of sp³-hybridized carbons (Fsp3) is 0.312. The van der Waals surface area contributed by atoms with Crippen LogP contribution in [0.15, 0.2) is 42.5 Å². The minimum atomic E-state index is 0.460. The molecule has 0 aliphatic rings. The van der Waals surface area contributed by atoms with Crippen LogP contribution in [0.3, 0.4) is 0 Å². The molecular formula is C16H22N4O. The van der Waals surface area contributed by atoms with E-state index in [1.807, 2.05) is 12.1 Å². The molecule has 112 valence electrons.